The first-order valence-corrected chi connectivity index (χ1v) is 8.48. The van der Waals surface area contributed by atoms with Crippen molar-refractivity contribution in [2.24, 2.45) is 0 Å². The van der Waals surface area contributed by atoms with Crippen molar-refractivity contribution in [3.05, 3.63) is 65.5 Å². The average molecular weight is 330 g/mol. The number of likely N-dealkylation sites (tertiary alicyclic amines) is 1. The summed E-state index contributed by atoms with van der Waals surface area (Å²) in [4.78, 5) is 22.7. The minimum Gasteiger partial charge on any atom is -0.342 e. The number of carbonyl (C=O) groups is 1. The molecule has 1 fully saturated rings. The van der Waals surface area contributed by atoms with Crippen LogP contribution in [0.2, 0.25) is 0 Å². The van der Waals surface area contributed by atoms with Gasteiger partial charge in [0.15, 0.2) is 0 Å². The maximum atomic E-state index is 12.8. The molecule has 5 nitrogen and oxygen atoms in total. The highest BCUT2D eigenvalue weighted by atomic mass is 16.2. The lowest BCUT2D eigenvalue weighted by Crippen LogP contribution is -2.39. The number of hydrogen-bond acceptors (Lipinski definition) is 3. The SMILES string of the molecule is N#Cc1ccc(C(=O)N2CCC[C@@H](c3nc4ccccc4[nH]3)C2)cc1. The van der Waals surface area contributed by atoms with Crippen molar-refractivity contribution >= 4 is 16.9 Å². The van der Waals surface area contributed by atoms with Crippen LogP contribution in [0, 0.1) is 11.3 Å². The van der Waals surface area contributed by atoms with E-state index in [2.05, 4.69) is 11.1 Å². The van der Waals surface area contributed by atoms with E-state index in [1.165, 1.54) is 0 Å². The van der Waals surface area contributed by atoms with Crippen molar-refractivity contribution in [3.8, 4) is 6.07 Å². The summed E-state index contributed by atoms with van der Waals surface area (Å²) >= 11 is 0. The van der Waals surface area contributed by atoms with Crippen molar-refractivity contribution in [2.75, 3.05) is 13.1 Å². The summed E-state index contributed by atoms with van der Waals surface area (Å²) in [7, 11) is 0. The molecule has 0 aliphatic carbocycles. The zero-order valence-electron chi connectivity index (χ0n) is 13.8. The van der Waals surface area contributed by atoms with Crippen molar-refractivity contribution in [3.63, 3.8) is 0 Å². The molecule has 1 N–H and O–H groups in total. The zero-order valence-corrected chi connectivity index (χ0v) is 13.8. The van der Waals surface area contributed by atoms with Gasteiger partial charge < -0.3 is 9.88 Å². The smallest absolute Gasteiger partial charge is 0.253 e. The van der Waals surface area contributed by atoms with Crippen LogP contribution in [0.3, 0.4) is 0 Å². The summed E-state index contributed by atoms with van der Waals surface area (Å²) < 4.78 is 0. The predicted molar refractivity (Wildman–Crippen MR) is 95.1 cm³/mol. The van der Waals surface area contributed by atoms with Crippen LogP contribution in [0.15, 0.2) is 48.5 Å². The Labute approximate surface area is 145 Å². The van der Waals surface area contributed by atoms with E-state index in [9.17, 15) is 4.79 Å². The van der Waals surface area contributed by atoms with Gasteiger partial charge in [0.2, 0.25) is 0 Å². The van der Waals surface area contributed by atoms with Gasteiger partial charge in [0.1, 0.15) is 5.82 Å². The van der Waals surface area contributed by atoms with E-state index in [1.807, 2.05) is 29.2 Å². The Hall–Kier alpha value is -3.13. The van der Waals surface area contributed by atoms with Crippen LogP contribution in [-0.2, 0) is 0 Å². The van der Waals surface area contributed by atoms with Crippen LogP contribution in [0.5, 0.6) is 0 Å². The highest BCUT2D eigenvalue weighted by molar-refractivity contribution is 5.94. The van der Waals surface area contributed by atoms with Gasteiger partial charge >= 0.3 is 0 Å². The van der Waals surface area contributed by atoms with Crippen LogP contribution in [0.1, 0.15) is 40.5 Å². The quantitative estimate of drug-likeness (QED) is 0.782. The Kier molecular flexibility index (Phi) is 3.95. The summed E-state index contributed by atoms with van der Waals surface area (Å²) in [6.07, 6.45) is 1.99. The van der Waals surface area contributed by atoms with E-state index in [0.717, 1.165) is 36.2 Å². The first-order chi connectivity index (χ1) is 12.2. The second-order valence-corrected chi connectivity index (χ2v) is 6.42. The number of fused-ring (bicyclic) bond motifs is 1. The molecule has 25 heavy (non-hydrogen) atoms. The third-order valence-corrected chi connectivity index (χ3v) is 4.76. The molecule has 4 rings (SSSR count). The highest BCUT2D eigenvalue weighted by Crippen LogP contribution is 2.27. The lowest BCUT2D eigenvalue weighted by Gasteiger charge is -2.32. The number of aromatic amines is 1. The summed E-state index contributed by atoms with van der Waals surface area (Å²) in [5.41, 5.74) is 3.20. The first-order valence-electron chi connectivity index (χ1n) is 8.48. The number of hydrogen-bond donors (Lipinski definition) is 1. The Morgan fingerprint density at radius 1 is 1.20 bits per heavy atom. The van der Waals surface area contributed by atoms with Gasteiger partial charge in [0, 0.05) is 24.6 Å². The van der Waals surface area contributed by atoms with Crippen LogP contribution in [0.4, 0.5) is 0 Å². The number of carbonyl (C=O) groups excluding carboxylic acids is 1. The number of amides is 1. The molecular weight excluding hydrogens is 312 g/mol. The van der Waals surface area contributed by atoms with Crippen LogP contribution >= 0.6 is 0 Å². The molecule has 2 heterocycles. The standard InChI is InChI=1S/C20H18N4O/c21-12-14-7-9-15(10-8-14)20(25)24-11-3-4-16(13-24)19-22-17-5-1-2-6-18(17)23-19/h1-2,5-10,16H,3-4,11,13H2,(H,22,23)/t16-/m1/s1. The fourth-order valence-corrected chi connectivity index (χ4v) is 3.42. The lowest BCUT2D eigenvalue weighted by atomic mass is 9.96. The molecule has 1 amide bonds. The summed E-state index contributed by atoms with van der Waals surface area (Å²) in [6, 6.07) is 16.9. The van der Waals surface area contributed by atoms with Crippen molar-refractivity contribution in [1.29, 1.82) is 5.26 Å². The molecule has 5 heteroatoms. The molecule has 2 aromatic carbocycles. The fraction of sp³-hybridized carbons (Fsp3) is 0.250. The molecule has 1 aliphatic rings. The molecule has 1 aromatic heterocycles. The third kappa shape index (κ3) is 2.99. The van der Waals surface area contributed by atoms with Gasteiger partial charge in [-0.2, -0.15) is 5.26 Å². The fourth-order valence-electron chi connectivity index (χ4n) is 3.42. The number of benzene rings is 2. The zero-order chi connectivity index (χ0) is 17.2. The second-order valence-electron chi connectivity index (χ2n) is 6.42. The van der Waals surface area contributed by atoms with E-state index in [0.29, 0.717) is 17.7 Å². The maximum Gasteiger partial charge on any atom is 0.253 e. The van der Waals surface area contributed by atoms with Gasteiger partial charge in [-0.3, -0.25) is 4.79 Å². The number of aromatic nitrogens is 2. The van der Waals surface area contributed by atoms with E-state index < -0.39 is 0 Å². The minimum absolute atomic E-state index is 0.0188. The van der Waals surface area contributed by atoms with E-state index in [-0.39, 0.29) is 11.8 Å². The molecule has 0 unspecified atom stereocenters. The van der Waals surface area contributed by atoms with Gasteiger partial charge in [0.05, 0.1) is 22.7 Å². The monoisotopic (exact) mass is 330 g/mol. The van der Waals surface area contributed by atoms with Gasteiger partial charge in [-0.1, -0.05) is 12.1 Å². The largest absolute Gasteiger partial charge is 0.342 e. The number of nitrogens with one attached hydrogen (secondary N) is 1. The number of piperidine rings is 1. The molecule has 1 aliphatic heterocycles. The van der Waals surface area contributed by atoms with Crippen LogP contribution in [0.25, 0.3) is 11.0 Å². The molecule has 1 atom stereocenters. The molecule has 3 aromatic rings. The second kappa shape index (κ2) is 6.40. The molecular formula is C20H18N4O. The van der Waals surface area contributed by atoms with E-state index >= 15 is 0 Å². The number of imidazole rings is 1. The lowest BCUT2D eigenvalue weighted by molar-refractivity contribution is 0.0705. The number of rotatable bonds is 2. The van der Waals surface area contributed by atoms with Gasteiger partial charge in [-0.15, -0.1) is 0 Å². The number of nitrogens with zero attached hydrogens (tertiary/aromatic N) is 3. The van der Waals surface area contributed by atoms with Gasteiger partial charge in [-0.05, 0) is 49.2 Å². The van der Waals surface area contributed by atoms with Crippen molar-refractivity contribution in [1.82, 2.24) is 14.9 Å². The summed E-state index contributed by atoms with van der Waals surface area (Å²) in [5.74, 6) is 1.20. The normalized spacial score (nSPS) is 17.4. The van der Waals surface area contributed by atoms with Crippen molar-refractivity contribution < 1.29 is 4.79 Å². The van der Waals surface area contributed by atoms with Crippen molar-refractivity contribution in [2.45, 2.75) is 18.8 Å². The molecule has 0 bridgehead atoms. The Bertz CT molecular complexity index is 919. The van der Waals surface area contributed by atoms with Gasteiger partial charge in [0.25, 0.3) is 5.91 Å². The first kappa shape index (κ1) is 15.4. The van der Waals surface area contributed by atoms with Gasteiger partial charge in [-0.25, -0.2) is 4.98 Å². The Balaban J connectivity index is 1.53. The number of nitriles is 1. The molecule has 0 radical (unpaired) electrons. The van der Waals surface area contributed by atoms with Crippen LogP contribution < -0.4 is 0 Å². The number of para-hydroxylation sites is 2. The molecule has 0 saturated carbocycles. The molecule has 1 saturated heterocycles. The maximum absolute atomic E-state index is 12.8. The summed E-state index contributed by atoms with van der Waals surface area (Å²) in [6.45, 7) is 1.42. The van der Waals surface area contributed by atoms with E-state index in [4.69, 9.17) is 10.2 Å². The predicted octanol–water partition coefficient (Wildman–Crippen LogP) is 3.45. The third-order valence-electron chi connectivity index (χ3n) is 4.76. The Morgan fingerprint density at radius 2 is 2.00 bits per heavy atom. The van der Waals surface area contributed by atoms with Crippen LogP contribution in [-0.4, -0.2) is 33.9 Å². The number of H-pyrrole nitrogens is 1. The topological polar surface area (TPSA) is 72.8 Å². The minimum atomic E-state index is 0.0188. The molecule has 0 spiro atoms. The molecule has 124 valence electrons. The van der Waals surface area contributed by atoms with E-state index in [1.54, 1.807) is 24.3 Å². The average Bonchev–Trinajstić information content (AvgIpc) is 3.12. The Morgan fingerprint density at radius 3 is 2.76 bits per heavy atom. The summed E-state index contributed by atoms with van der Waals surface area (Å²) in [5, 5.41) is 8.88. The highest BCUT2D eigenvalue weighted by Gasteiger charge is 2.27.